The van der Waals surface area contributed by atoms with Gasteiger partial charge in [-0.1, -0.05) is 19.8 Å². The van der Waals surface area contributed by atoms with E-state index in [-0.39, 0.29) is 0 Å². The maximum Gasteiger partial charge on any atom is 0.222 e. The van der Waals surface area contributed by atoms with E-state index in [4.69, 9.17) is 5.73 Å². The quantitative estimate of drug-likeness (QED) is 0.846. The lowest BCUT2D eigenvalue weighted by Gasteiger charge is -2.38. The van der Waals surface area contributed by atoms with E-state index in [9.17, 15) is 4.79 Å². The number of rotatable bonds is 5. The van der Waals surface area contributed by atoms with Crippen LogP contribution in [0.1, 0.15) is 58.8 Å². The lowest BCUT2D eigenvalue weighted by Crippen LogP contribution is -2.51. The Morgan fingerprint density at radius 2 is 1.95 bits per heavy atom. The Hall–Kier alpha value is -0.610. The zero-order valence-corrected chi connectivity index (χ0v) is 13.9. The van der Waals surface area contributed by atoms with Crippen molar-refractivity contribution in [2.75, 3.05) is 26.2 Å². The van der Waals surface area contributed by atoms with Gasteiger partial charge in [-0.15, -0.1) is 0 Å². The lowest BCUT2D eigenvalue weighted by atomic mass is 9.83. The lowest BCUT2D eigenvalue weighted by molar-refractivity contribution is -0.133. The van der Waals surface area contributed by atoms with E-state index in [1.807, 2.05) is 0 Å². The summed E-state index contributed by atoms with van der Waals surface area (Å²) in [7, 11) is 0. The summed E-state index contributed by atoms with van der Waals surface area (Å²) in [6.07, 6.45) is 7.75. The molecule has 4 heteroatoms. The fourth-order valence-corrected chi connectivity index (χ4v) is 3.75. The van der Waals surface area contributed by atoms with Crippen molar-refractivity contribution >= 4 is 5.91 Å². The predicted molar refractivity (Wildman–Crippen MR) is 87.1 cm³/mol. The molecule has 2 rings (SSSR count). The molecule has 1 aliphatic carbocycles. The number of piperazine rings is 1. The molecule has 122 valence electrons. The Bertz CT molecular complexity index is 326. The van der Waals surface area contributed by atoms with Crippen molar-refractivity contribution in [3.05, 3.63) is 0 Å². The molecule has 3 unspecified atom stereocenters. The van der Waals surface area contributed by atoms with Crippen LogP contribution in [-0.2, 0) is 4.79 Å². The fourth-order valence-electron chi connectivity index (χ4n) is 3.75. The third kappa shape index (κ3) is 4.96. The number of nitrogens with two attached hydrogens (primary N) is 1. The summed E-state index contributed by atoms with van der Waals surface area (Å²) in [5.74, 6) is 1.04. The molecule has 2 fully saturated rings. The topological polar surface area (TPSA) is 49.6 Å². The van der Waals surface area contributed by atoms with Gasteiger partial charge in [-0.25, -0.2) is 0 Å². The first-order valence-electron chi connectivity index (χ1n) is 8.87. The molecule has 2 aliphatic rings. The van der Waals surface area contributed by atoms with Gasteiger partial charge < -0.3 is 10.6 Å². The first-order chi connectivity index (χ1) is 10.1. The number of amides is 1. The molecule has 0 spiro atoms. The summed E-state index contributed by atoms with van der Waals surface area (Å²) in [5, 5.41) is 0. The van der Waals surface area contributed by atoms with Crippen molar-refractivity contribution in [1.82, 2.24) is 9.80 Å². The van der Waals surface area contributed by atoms with Crippen LogP contribution < -0.4 is 5.73 Å². The molecule has 4 nitrogen and oxygen atoms in total. The number of carbonyl (C=O) groups excluding carboxylic acids is 1. The smallest absolute Gasteiger partial charge is 0.222 e. The van der Waals surface area contributed by atoms with Crippen LogP contribution in [0, 0.1) is 5.92 Å². The van der Waals surface area contributed by atoms with Crippen LogP contribution >= 0.6 is 0 Å². The number of nitrogens with zero attached hydrogens (tertiary/aromatic N) is 2. The van der Waals surface area contributed by atoms with Gasteiger partial charge in [0.15, 0.2) is 0 Å². The molecular formula is C17H33N3O. The molecule has 1 amide bonds. The molecule has 0 bridgehead atoms. The summed E-state index contributed by atoms with van der Waals surface area (Å²) in [6, 6.07) is 1.02. The van der Waals surface area contributed by atoms with Gasteiger partial charge in [0.25, 0.3) is 0 Å². The van der Waals surface area contributed by atoms with Crippen LogP contribution in [0.3, 0.4) is 0 Å². The summed E-state index contributed by atoms with van der Waals surface area (Å²) in [4.78, 5) is 16.9. The second-order valence-electron chi connectivity index (χ2n) is 7.01. The second-order valence-corrected chi connectivity index (χ2v) is 7.01. The Morgan fingerprint density at radius 3 is 2.57 bits per heavy atom. The monoisotopic (exact) mass is 295 g/mol. The van der Waals surface area contributed by atoms with Gasteiger partial charge in [0, 0.05) is 44.7 Å². The van der Waals surface area contributed by atoms with Crippen molar-refractivity contribution in [2.24, 2.45) is 11.7 Å². The molecule has 0 aromatic rings. The molecule has 1 aliphatic heterocycles. The maximum atomic E-state index is 12.3. The van der Waals surface area contributed by atoms with Crippen molar-refractivity contribution in [2.45, 2.75) is 70.9 Å². The number of hydrogen-bond donors (Lipinski definition) is 1. The van der Waals surface area contributed by atoms with Gasteiger partial charge in [0.1, 0.15) is 0 Å². The van der Waals surface area contributed by atoms with E-state index in [0.717, 1.165) is 45.4 Å². The van der Waals surface area contributed by atoms with E-state index < -0.39 is 0 Å². The van der Waals surface area contributed by atoms with E-state index >= 15 is 0 Å². The Kier molecular flexibility index (Phi) is 6.49. The van der Waals surface area contributed by atoms with E-state index in [0.29, 0.717) is 23.9 Å². The van der Waals surface area contributed by atoms with Crippen LogP contribution in [-0.4, -0.2) is 54.0 Å². The SMILES string of the molecule is CCC(C)N1CCN(C(=O)CCC2CCCC(N)C2)CC1. The molecule has 21 heavy (non-hydrogen) atoms. The minimum absolute atomic E-state index is 0.359. The second kappa shape index (κ2) is 8.14. The van der Waals surface area contributed by atoms with Crippen LogP contribution in [0.4, 0.5) is 0 Å². The average Bonchev–Trinajstić information content (AvgIpc) is 2.52. The molecule has 0 aromatic heterocycles. The van der Waals surface area contributed by atoms with E-state index in [1.165, 1.54) is 25.7 Å². The summed E-state index contributed by atoms with van der Waals surface area (Å²) in [5.41, 5.74) is 6.03. The van der Waals surface area contributed by atoms with Crippen LogP contribution in [0.5, 0.6) is 0 Å². The van der Waals surface area contributed by atoms with Crippen LogP contribution in [0.25, 0.3) is 0 Å². The Morgan fingerprint density at radius 1 is 1.24 bits per heavy atom. The third-order valence-electron chi connectivity index (χ3n) is 5.47. The minimum atomic E-state index is 0.359. The Labute approximate surface area is 130 Å². The highest BCUT2D eigenvalue weighted by molar-refractivity contribution is 5.76. The number of hydrogen-bond acceptors (Lipinski definition) is 3. The van der Waals surface area contributed by atoms with Crippen molar-refractivity contribution in [1.29, 1.82) is 0 Å². The fraction of sp³-hybridized carbons (Fsp3) is 0.941. The number of carbonyl (C=O) groups is 1. The van der Waals surface area contributed by atoms with Crippen molar-refractivity contribution in [3.63, 3.8) is 0 Å². The van der Waals surface area contributed by atoms with Crippen LogP contribution in [0.15, 0.2) is 0 Å². The van der Waals surface area contributed by atoms with Gasteiger partial charge in [0.05, 0.1) is 0 Å². The summed E-state index contributed by atoms with van der Waals surface area (Å²) in [6.45, 7) is 8.41. The van der Waals surface area contributed by atoms with Crippen molar-refractivity contribution in [3.8, 4) is 0 Å². The van der Waals surface area contributed by atoms with Crippen molar-refractivity contribution < 1.29 is 4.79 Å². The normalized spacial score (nSPS) is 29.4. The highest BCUT2D eigenvalue weighted by Crippen LogP contribution is 2.27. The van der Waals surface area contributed by atoms with Crippen LogP contribution in [0.2, 0.25) is 0 Å². The van der Waals surface area contributed by atoms with E-state index in [1.54, 1.807) is 0 Å². The van der Waals surface area contributed by atoms with E-state index in [2.05, 4.69) is 23.6 Å². The first kappa shape index (κ1) is 16.8. The van der Waals surface area contributed by atoms with Gasteiger partial charge >= 0.3 is 0 Å². The molecule has 0 aromatic carbocycles. The summed E-state index contributed by atoms with van der Waals surface area (Å²) < 4.78 is 0. The highest BCUT2D eigenvalue weighted by Gasteiger charge is 2.25. The van der Waals surface area contributed by atoms with Gasteiger partial charge in [-0.05, 0) is 38.5 Å². The molecule has 1 heterocycles. The summed E-state index contributed by atoms with van der Waals surface area (Å²) >= 11 is 0. The maximum absolute atomic E-state index is 12.3. The largest absolute Gasteiger partial charge is 0.340 e. The molecule has 3 atom stereocenters. The molecular weight excluding hydrogens is 262 g/mol. The average molecular weight is 295 g/mol. The zero-order valence-electron chi connectivity index (χ0n) is 13.9. The standard InChI is InChI=1S/C17H33N3O/c1-3-14(2)19-9-11-20(12-10-19)17(21)8-7-15-5-4-6-16(18)13-15/h14-16H,3-13,18H2,1-2H3. The van der Waals surface area contributed by atoms with Gasteiger partial charge in [0.2, 0.25) is 5.91 Å². The predicted octanol–water partition coefficient (Wildman–Crippen LogP) is 2.23. The molecule has 2 N–H and O–H groups in total. The zero-order chi connectivity index (χ0) is 15.2. The van der Waals surface area contributed by atoms with Gasteiger partial charge in [-0.2, -0.15) is 0 Å². The molecule has 1 saturated carbocycles. The Balaban J connectivity index is 1.67. The molecule has 0 radical (unpaired) electrons. The highest BCUT2D eigenvalue weighted by atomic mass is 16.2. The minimum Gasteiger partial charge on any atom is -0.340 e. The first-order valence-corrected chi connectivity index (χ1v) is 8.87. The molecule has 1 saturated heterocycles. The van der Waals surface area contributed by atoms with Gasteiger partial charge in [-0.3, -0.25) is 9.69 Å². The third-order valence-corrected chi connectivity index (χ3v) is 5.47.